The van der Waals surface area contributed by atoms with E-state index in [2.05, 4.69) is 32.3 Å². The molecule has 1 fully saturated rings. The number of aromatic nitrogens is 2. The number of morpholine rings is 1. The van der Waals surface area contributed by atoms with E-state index < -0.39 is 0 Å². The first-order chi connectivity index (χ1) is 15.2. The van der Waals surface area contributed by atoms with Crippen LogP contribution in [0, 0.1) is 0 Å². The summed E-state index contributed by atoms with van der Waals surface area (Å²) in [5.74, 6) is 0.522. The van der Waals surface area contributed by atoms with Crippen molar-refractivity contribution in [3.63, 3.8) is 0 Å². The fraction of sp³-hybridized carbons (Fsp3) is 0.167. The highest BCUT2D eigenvalue weighted by Gasteiger charge is 2.14. The van der Waals surface area contributed by atoms with Gasteiger partial charge in [0.15, 0.2) is 0 Å². The van der Waals surface area contributed by atoms with Crippen molar-refractivity contribution in [2.24, 2.45) is 0 Å². The fourth-order valence-electron chi connectivity index (χ4n) is 3.88. The Bertz CT molecular complexity index is 1260. The number of rotatable bonds is 4. The lowest BCUT2D eigenvalue weighted by atomic mass is 10.0. The SMILES string of the molecule is O=c1[nH]cc(-c2ccc(Cl)cc2)c2ccnc(Nc3ccc(N4CCOCC4)cc3)c12. The molecule has 4 aromatic rings. The molecule has 31 heavy (non-hydrogen) atoms. The summed E-state index contributed by atoms with van der Waals surface area (Å²) in [5.41, 5.74) is 3.72. The molecule has 1 aliphatic heterocycles. The van der Waals surface area contributed by atoms with Crippen LogP contribution in [0.2, 0.25) is 5.02 Å². The van der Waals surface area contributed by atoms with Gasteiger partial charge >= 0.3 is 0 Å². The topological polar surface area (TPSA) is 70.2 Å². The molecular formula is C24H21ClN4O2. The third-order valence-electron chi connectivity index (χ3n) is 5.48. The Morgan fingerprint density at radius 3 is 2.48 bits per heavy atom. The first kappa shape index (κ1) is 19.6. The molecule has 0 unspecified atom stereocenters. The lowest BCUT2D eigenvalue weighted by Crippen LogP contribution is -2.36. The smallest absolute Gasteiger partial charge is 0.259 e. The van der Waals surface area contributed by atoms with Crippen molar-refractivity contribution in [3.8, 4) is 11.1 Å². The molecule has 1 aliphatic rings. The van der Waals surface area contributed by atoms with Crippen LogP contribution in [0.15, 0.2) is 71.8 Å². The molecule has 0 atom stereocenters. The highest BCUT2D eigenvalue weighted by Crippen LogP contribution is 2.31. The summed E-state index contributed by atoms with van der Waals surface area (Å²) in [6.07, 6.45) is 3.44. The summed E-state index contributed by atoms with van der Waals surface area (Å²) in [6, 6.07) is 17.6. The number of aromatic amines is 1. The van der Waals surface area contributed by atoms with Gasteiger partial charge in [-0.05, 0) is 48.0 Å². The quantitative estimate of drug-likeness (QED) is 0.483. The lowest BCUT2D eigenvalue weighted by Gasteiger charge is -2.28. The van der Waals surface area contributed by atoms with Crippen molar-refractivity contribution >= 4 is 39.6 Å². The zero-order valence-corrected chi connectivity index (χ0v) is 17.5. The van der Waals surface area contributed by atoms with Crippen LogP contribution >= 0.6 is 11.6 Å². The Morgan fingerprint density at radius 1 is 1.00 bits per heavy atom. The summed E-state index contributed by atoms with van der Waals surface area (Å²) in [7, 11) is 0. The summed E-state index contributed by atoms with van der Waals surface area (Å²) in [4.78, 5) is 22.3. The van der Waals surface area contributed by atoms with Gasteiger partial charge in [0.05, 0.1) is 18.6 Å². The first-order valence-corrected chi connectivity index (χ1v) is 10.5. The summed E-state index contributed by atoms with van der Waals surface area (Å²) < 4.78 is 5.42. The third-order valence-corrected chi connectivity index (χ3v) is 5.73. The Kier molecular flexibility index (Phi) is 5.32. The van der Waals surface area contributed by atoms with Crippen LogP contribution < -0.4 is 15.8 Å². The van der Waals surface area contributed by atoms with Gasteiger partial charge < -0.3 is 19.9 Å². The molecule has 0 saturated carbocycles. The zero-order chi connectivity index (χ0) is 21.2. The highest BCUT2D eigenvalue weighted by atomic mass is 35.5. The molecule has 0 spiro atoms. The molecule has 2 N–H and O–H groups in total. The number of nitrogens with zero attached hydrogens (tertiary/aromatic N) is 2. The van der Waals surface area contributed by atoms with Crippen molar-refractivity contribution in [3.05, 3.63) is 82.4 Å². The molecule has 2 aromatic heterocycles. The fourth-order valence-corrected chi connectivity index (χ4v) is 4.01. The van der Waals surface area contributed by atoms with Crippen LogP contribution in [0.4, 0.5) is 17.2 Å². The van der Waals surface area contributed by atoms with Crippen LogP contribution in [-0.4, -0.2) is 36.3 Å². The molecule has 5 rings (SSSR count). The van der Waals surface area contributed by atoms with Crippen LogP contribution in [-0.2, 0) is 4.74 Å². The van der Waals surface area contributed by atoms with E-state index in [1.165, 1.54) is 0 Å². The predicted molar refractivity (Wildman–Crippen MR) is 126 cm³/mol. The molecule has 0 radical (unpaired) electrons. The third kappa shape index (κ3) is 4.00. The van der Waals surface area contributed by atoms with E-state index in [1.54, 1.807) is 12.4 Å². The van der Waals surface area contributed by atoms with E-state index in [-0.39, 0.29) is 5.56 Å². The second-order valence-electron chi connectivity index (χ2n) is 7.39. The predicted octanol–water partition coefficient (Wildman–Crippen LogP) is 4.82. The standard InChI is InChI=1S/C24H21ClN4O2/c25-17-3-1-16(2-4-17)21-15-27-24(30)22-20(21)9-10-26-23(22)28-18-5-7-19(8-6-18)29-11-13-31-14-12-29/h1-10,15H,11-14H2,(H,26,28)(H,27,30). The number of H-pyrrole nitrogens is 1. The number of anilines is 3. The van der Waals surface area contributed by atoms with Gasteiger partial charge in [-0.3, -0.25) is 4.79 Å². The molecular weight excluding hydrogens is 412 g/mol. The molecule has 0 aliphatic carbocycles. The maximum Gasteiger partial charge on any atom is 0.259 e. The number of ether oxygens (including phenoxy) is 1. The Labute approximate surface area is 184 Å². The molecule has 0 bridgehead atoms. The van der Waals surface area contributed by atoms with E-state index >= 15 is 0 Å². The molecule has 1 saturated heterocycles. The van der Waals surface area contributed by atoms with Crippen LogP contribution in [0.5, 0.6) is 0 Å². The molecule has 7 heteroatoms. The van der Waals surface area contributed by atoms with Crippen molar-refractivity contribution in [1.82, 2.24) is 9.97 Å². The lowest BCUT2D eigenvalue weighted by molar-refractivity contribution is 0.122. The largest absolute Gasteiger partial charge is 0.378 e. The van der Waals surface area contributed by atoms with Gasteiger partial charge in [0.25, 0.3) is 5.56 Å². The molecule has 156 valence electrons. The Hall–Kier alpha value is -3.35. The van der Waals surface area contributed by atoms with Gasteiger partial charge in [-0.15, -0.1) is 0 Å². The molecule has 2 aromatic carbocycles. The monoisotopic (exact) mass is 432 g/mol. The normalized spacial score (nSPS) is 14.0. The number of benzene rings is 2. The van der Waals surface area contributed by atoms with Crippen LogP contribution in [0.25, 0.3) is 21.9 Å². The minimum Gasteiger partial charge on any atom is -0.378 e. The van der Waals surface area contributed by atoms with Gasteiger partial charge in [0, 0.05) is 52.8 Å². The van der Waals surface area contributed by atoms with E-state index in [4.69, 9.17) is 16.3 Å². The van der Waals surface area contributed by atoms with Gasteiger partial charge in [0.2, 0.25) is 0 Å². The van der Waals surface area contributed by atoms with Crippen molar-refractivity contribution in [1.29, 1.82) is 0 Å². The number of hydrogen-bond acceptors (Lipinski definition) is 5. The van der Waals surface area contributed by atoms with Crippen LogP contribution in [0.1, 0.15) is 0 Å². The number of halogens is 1. The summed E-state index contributed by atoms with van der Waals surface area (Å²) in [5, 5.41) is 5.33. The second-order valence-corrected chi connectivity index (χ2v) is 7.83. The minimum absolute atomic E-state index is 0.187. The average Bonchev–Trinajstić information content (AvgIpc) is 2.81. The molecule has 6 nitrogen and oxygen atoms in total. The van der Waals surface area contributed by atoms with E-state index in [0.29, 0.717) is 16.2 Å². The number of fused-ring (bicyclic) bond motifs is 1. The van der Waals surface area contributed by atoms with E-state index in [9.17, 15) is 4.79 Å². The van der Waals surface area contributed by atoms with E-state index in [1.807, 2.05) is 42.5 Å². The number of pyridine rings is 2. The maximum atomic E-state index is 12.7. The van der Waals surface area contributed by atoms with E-state index in [0.717, 1.165) is 54.2 Å². The first-order valence-electron chi connectivity index (χ1n) is 10.2. The second kappa shape index (κ2) is 8.41. The number of hydrogen-bond donors (Lipinski definition) is 2. The van der Waals surface area contributed by atoms with Gasteiger partial charge in [-0.25, -0.2) is 4.98 Å². The summed E-state index contributed by atoms with van der Waals surface area (Å²) in [6.45, 7) is 3.28. The van der Waals surface area contributed by atoms with Gasteiger partial charge in [0.1, 0.15) is 5.82 Å². The van der Waals surface area contributed by atoms with Crippen molar-refractivity contribution < 1.29 is 4.74 Å². The van der Waals surface area contributed by atoms with Gasteiger partial charge in [-0.2, -0.15) is 0 Å². The molecule has 3 heterocycles. The molecule has 0 amide bonds. The maximum absolute atomic E-state index is 12.7. The highest BCUT2D eigenvalue weighted by molar-refractivity contribution is 6.30. The van der Waals surface area contributed by atoms with Crippen molar-refractivity contribution in [2.75, 3.05) is 36.5 Å². The van der Waals surface area contributed by atoms with Crippen LogP contribution in [0.3, 0.4) is 0 Å². The Balaban J connectivity index is 1.49. The van der Waals surface area contributed by atoms with Crippen molar-refractivity contribution in [2.45, 2.75) is 0 Å². The zero-order valence-electron chi connectivity index (χ0n) is 16.8. The Morgan fingerprint density at radius 2 is 1.74 bits per heavy atom. The number of nitrogens with one attached hydrogen (secondary N) is 2. The summed E-state index contributed by atoms with van der Waals surface area (Å²) >= 11 is 6.03. The average molecular weight is 433 g/mol. The minimum atomic E-state index is -0.187. The van der Waals surface area contributed by atoms with Gasteiger partial charge in [-0.1, -0.05) is 23.7 Å².